The Labute approximate surface area is 149 Å². The molecule has 0 amide bonds. The molecule has 2 aliphatic heterocycles. The fraction of sp³-hybridized carbons (Fsp3) is 0.625. The summed E-state index contributed by atoms with van der Waals surface area (Å²) in [5, 5.41) is 35.5. The second-order valence-corrected chi connectivity index (χ2v) is 6.74. The molecule has 0 aromatic heterocycles. The van der Waals surface area contributed by atoms with E-state index in [1.54, 1.807) is 0 Å². The highest BCUT2D eigenvalue weighted by atomic mass is 16.6. The molecule has 26 heavy (non-hydrogen) atoms. The van der Waals surface area contributed by atoms with Crippen LogP contribution in [0.4, 0.5) is 17.1 Å². The average molecular weight is 367 g/mol. The number of hydrogen-bond donors (Lipinski definition) is 2. The predicted molar refractivity (Wildman–Crippen MR) is 91.2 cm³/mol. The summed E-state index contributed by atoms with van der Waals surface area (Å²) < 4.78 is 11.3. The molecule has 1 spiro atoms. The number of nitrogens with zero attached hydrogens (tertiary/aromatic N) is 2. The largest absolute Gasteiger partial charge is 0.392 e. The first-order chi connectivity index (χ1) is 12.4. The molecule has 10 nitrogen and oxygen atoms in total. The number of aliphatic hydroxyl groups excluding tert-OH is 1. The highest BCUT2D eigenvalue weighted by molar-refractivity contribution is 5.78. The number of nitrogens with one attached hydrogen (secondary N) is 1. The Kier molecular flexibility index (Phi) is 5.08. The molecule has 1 aromatic rings. The van der Waals surface area contributed by atoms with Gasteiger partial charge >= 0.3 is 5.69 Å². The van der Waals surface area contributed by atoms with E-state index in [9.17, 15) is 25.3 Å². The van der Waals surface area contributed by atoms with Crippen LogP contribution in [-0.4, -0.2) is 46.4 Å². The fourth-order valence-electron chi connectivity index (χ4n) is 3.70. The third-order valence-electron chi connectivity index (χ3n) is 5.10. The highest BCUT2D eigenvalue weighted by Gasteiger charge is 2.42. The van der Waals surface area contributed by atoms with Crippen molar-refractivity contribution in [1.82, 2.24) is 0 Å². The van der Waals surface area contributed by atoms with Gasteiger partial charge in [-0.3, -0.25) is 20.2 Å². The summed E-state index contributed by atoms with van der Waals surface area (Å²) in [4.78, 5) is 21.8. The zero-order valence-electron chi connectivity index (χ0n) is 14.4. The van der Waals surface area contributed by atoms with Crippen molar-refractivity contribution < 1.29 is 24.4 Å². The van der Waals surface area contributed by atoms with Gasteiger partial charge in [0.05, 0.1) is 28.7 Å². The van der Waals surface area contributed by atoms with Crippen LogP contribution in [0.3, 0.4) is 0 Å². The number of nitro groups is 2. The lowest BCUT2D eigenvalue weighted by molar-refractivity contribution is -0.392. The van der Waals surface area contributed by atoms with E-state index in [0.717, 1.165) is 6.42 Å². The van der Waals surface area contributed by atoms with Gasteiger partial charge in [-0.1, -0.05) is 0 Å². The lowest BCUT2D eigenvalue weighted by Crippen LogP contribution is -2.45. The lowest BCUT2D eigenvalue weighted by atomic mass is 9.89. The van der Waals surface area contributed by atoms with Gasteiger partial charge in [-0.15, -0.1) is 0 Å². The van der Waals surface area contributed by atoms with Crippen molar-refractivity contribution in [1.29, 1.82) is 0 Å². The molecule has 0 unspecified atom stereocenters. The molecule has 2 N–H and O–H groups in total. The van der Waals surface area contributed by atoms with Crippen LogP contribution in [-0.2, 0) is 16.1 Å². The number of hydrogen-bond acceptors (Lipinski definition) is 8. The summed E-state index contributed by atoms with van der Waals surface area (Å²) in [6, 6.07) is 0.987. The number of rotatable bonds is 5. The van der Waals surface area contributed by atoms with Crippen molar-refractivity contribution in [2.24, 2.45) is 0 Å². The molecule has 1 aromatic carbocycles. The number of nitro benzene ring substituents is 2. The summed E-state index contributed by atoms with van der Waals surface area (Å²) in [7, 11) is 0. The Balaban J connectivity index is 1.99. The first-order valence-corrected chi connectivity index (χ1v) is 8.41. The Hall–Kier alpha value is -2.30. The summed E-state index contributed by atoms with van der Waals surface area (Å²) in [6.45, 7) is 2.48. The predicted octanol–water partition coefficient (Wildman–Crippen LogP) is 2.05. The monoisotopic (exact) mass is 367 g/mol. The molecule has 10 heteroatoms. The van der Waals surface area contributed by atoms with Gasteiger partial charge in [0.1, 0.15) is 0 Å². The van der Waals surface area contributed by atoms with Gasteiger partial charge in [0.2, 0.25) is 0 Å². The Morgan fingerprint density at radius 3 is 2.69 bits per heavy atom. The smallest absolute Gasteiger partial charge is 0.302 e. The third-order valence-corrected chi connectivity index (χ3v) is 5.10. The minimum absolute atomic E-state index is 0.115. The maximum Gasteiger partial charge on any atom is 0.302 e. The van der Waals surface area contributed by atoms with Crippen LogP contribution in [0, 0.1) is 27.2 Å². The first kappa shape index (κ1) is 18.5. The molecule has 2 heterocycles. The standard InChI is InChI=1S/C16H21N3O7/c1-10-11(8-20)6-13(18(21)22)14(15(10)19(23)24)17-12-2-4-26-16(7-12)3-5-25-9-16/h6,12,17,20H,2-5,7-9H2,1H3/t12-,16-/m1/s1. The number of anilines is 1. The zero-order chi connectivity index (χ0) is 18.9. The first-order valence-electron chi connectivity index (χ1n) is 8.41. The fourth-order valence-corrected chi connectivity index (χ4v) is 3.70. The van der Waals surface area contributed by atoms with Gasteiger partial charge in [-0.25, -0.2) is 0 Å². The molecule has 0 saturated carbocycles. The minimum Gasteiger partial charge on any atom is -0.392 e. The maximum absolute atomic E-state index is 11.6. The van der Waals surface area contributed by atoms with Crippen LogP contribution < -0.4 is 5.32 Å². The maximum atomic E-state index is 11.6. The van der Waals surface area contributed by atoms with Gasteiger partial charge in [-0.2, -0.15) is 0 Å². The molecule has 2 fully saturated rings. The molecule has 142 valence electrons. The van der Waals surface area contributed by atoms with Crippen LogP contribution in [0.15, 0.2) is 6.07 Å². The molecule has 0 aliphatic carbocycles. The van der Waals surface area contributed by atoms with E-state index in [1.807, 2.05) is 0 Å². The summed E-state index contributed by atoms with van der Waals surface area (Å²) in [5.41, 5.74) is -0.936. The van der Waals surface area contributed by atoms with Crippen molar-refractivity contribution in [2.75, 3.05) is 25.1 Å². The molecule has 3 rings (SSSR count). The molecular formula is C16H21N3O7. The normalized spacial score (nSPS) is 25.4. The van der Waals surface area contributed by atoms with Crippen LogP contribution in [0.1, 0.15) is 30.4 Å². The topological polar surface area (TPSA) is 137 Å². The number of benzene rings is 1. The van der Waals surface area contributed by atoms with Crippen molar-refractivity contribution in [3.63, 3.8) is 0 Å². The van der Waals surface area contributed by atoms with Gasteiger partial charge in [-0.05, 0) is 25.3 Å². The quantitative estimate of drug-likeness (QED) is 0.596. The number of aliphatic hydroxyl groups is 1. The van der Waals surface area contributed by atoms with E-state index in [1.165, 1.54) is 13.0 Å². The van der Waals surface area contributed by atoms with Gasteiger partial charge in [0.15, 0.2) is 5.69 Å². The number of ether oxygens (including phenoxy) is 2. The van der Waals surface area contributed by atoms with Crippen LogP contribution in [0.2, 0.25) is 0 Å². The molecule has 0 radical (unpaired) electrons. The van der Waals surface area contributed by atoms with Gasteiger partial charge < -0.3 is 19.9 Å². The average Bonchev–Trinajstić information content (AvgIpc) is 3.02. The van der Waals surface area contributed by atoms with Crippen LogP contribution in [0.25, 0.3) is 0 Å². The van der Waals surface area contributed by atoms with Gasteiger partial charge in [0, 0.05) is 37.3 Å². The van der Waals surface area contributed by atoms with E-state index in [-0.39, 0.29) is 28.5 Å². The van der Waals surface area contributed by atoms with Crippen molar-refractivity contribution in [2.45, 2.75) is 44.4 Å². The van der Waals surface area contributed by atoms with E-state index in [2.05, 4.69) is 5.32 Å². The summed E-state index contributed by atoms with van der Waals surface area (Å²) in [6.07, 6.45) is 1.87. The Morgan fingerprint density at radius 1 is 1.35 bits per heavy atom. The Morgan fingerprint density at radius 2 is 2.12 bits per heavy atom. The second kappa shape index (κ2) is 7.14. The molecule has 2 aliphatic rings. The van der Waals surface area contributed by atoms with E-state index in [0.29, 0.717) is 32.7 Å². The second-order valence-electron chi connectivity index (χ2n) is 6.74. The van der Waals surface area contributed by atoms with E-state index >= 15 is 0 Å². The summed E-state index contributed by atoms with van der Waals surface area (Å²) in [5.74, 6) is 0. The molecule has 2 atom stereocenters. The van der Waals surface area contributed by atoms with Crippen LogP contribution in [0.5, 0.6) is 0 Å². The third kappa shape index (κ3) is 3.35. The SMILES string of the molecule is Cc1c(CO)cc([N+](=O)[O-])c(N[C@@H]2CCO[C@]3(CCOC3)C2)c1[N+](=O)[O-]. The highest BCUT2D eigenvalue weighted by Crippen LogP contribution is 2.42. The molecular weight excluding hydrogens is 346 g/mol. The van der Waals surface area contributed by atoms with E-state index < -0.39 is 27.7 Å². The lowest BCUT2D eigenvalue weighted by Gasteiger charge is -2.37. The minimum atomic E-state index is -0.665. The van der Waals surface area contributed by atoms with Crippen LogP contribution >= 0.6 is 0 Å². The van der Waals surface area contributed by atoms with Crippen molar-refractivity contribution in [3.05, 3.63) is 37.4 Å². The molecule has 2 saturated heterocycles. The summed E-state index contributed by atoms with van der Waals surface area (Å²) >= 11 is 0. The van der Waals surface area contributed by atoms with Crippen molar-refractivity contribution >= 4 is 17.1 Å². The van der Waals surface area contributed by atoms with Gasteiger partial charge in [0.25, 0.3) is 5.69 Å². The zero-order valence-corrected chi connectivity index (χ0v) is 14.4. The van der Waals surface area contributed by atoms with E-state index in [4.69, 9.17) is 9.47 Å². The molecule has 0 bridgehead atoms. The van der Waals surface area contributed by atoms with Crippen molar-refractivity contribution in [3.8, 4) is 0 Å². The Bertz CT molecular complexity index is 731.